The van der Waals surface area contributed by atoms with Crippen LogP contribution in [0.1, 0.15) is 61.1 Å². The highest BCUT2D eigenvalue weighted by atomic mass is 16.5. The summed E-state index contributed by atoms with van der Waals surface area (Å²) in [6.07, 6.45) is 9.58. The third-order valence-electron chi connectivity index (χ3n) is 8.33. The maximum atomic E-state index is 12.5. The Hall–Kier alpha value is -3.41. The van der Waals surface area contributed by atoms with Crippen molar-refractivity contribution in [3.63, 3.8) is 0 Å². The number of aliphatic hydroxyl groups is 1. The first-order valence-corrected chi connectivity index (χ1v) is 14.9. The summed E-state index contributed by atoms with van der Waals surface area (Å²) in [4.78, 5) is 16.8. The van der Waals surface area contributed by atoms with Crippen molar-refractivity contribution in [2.75, 3.05) is 26.2 Å². The van der Waals surface area contributed by atoms with Gasteiger partial charge in [-0.1, -0.05) is 78.9 Å². The number of aliphatic hydroxyl groups excluding tert-OH is 1. The second-order valence-electron chi connectivity index (χ2n) is 11.2. The number of benzene rings is 3. The van der Waals surface area contributed by atoms with E-state index in [-0.39, 0.29) is 12.5 Å². The minimum absolute atomic E-state index is 0.0471. The fraction of sp³-hybridized carbons (Fsp3) is 0.400. The molecule has 210 valence electrons. The number of carbonyl (C=O) groups excluding carboxylic acids is 1. The largest absolute Gasteiger partial charge is 0.490 e. The standard InChI is InChI=1S/C35H42N2O3/c38-33(27-40-34-16-8-7-15-31(34)19-22-35(39)36-23-9-10-24-36)26-37(25-28-11-3-1-4-12-28)32-20-17-30(18-21-32)29-13-5-2-6-14-29/h1-8,11-16,19,22,30,32-33,38H,9-10,17-18,20-21,23-27H2. The number of hydrogen-bond acceptors (Lipinski definition) is 4. The van der Waals surface area contributed by atoms with Crippen LogP contribution in [0.25, 0.3) is 6.08 Å². The summed E-state index contributed by atoms with van der Waals surface area (Å²) in [7, 11) is 0. The average Bonchev–Trinajstić information content (AvgIpc) is 3.55. The Bertz CT molecular complexity index is 1220. The summed E-state index contributed by atoms with van der Waals surface area (Å²) >= 11 is 0. The van der Waals surface area contributed by atoms with Crippen molar-refractivity contribution in [1.29, 1.82) is 0 Å². The van der Waals surface area contributed by atoms with E-state index in [1.165, 1.54) is 24.0 Å². The zero-order chi connectivity index (χ0) is 27.6. The minimum Gasteiger partial charge on any atom is -0.490 e. The second kappa shape index (κ2) is 14.3. The second-order valence-corrected chi connectivity index (χ2v) is 11.2. The third-order valence-corrected chi connectivity index (χ3v) is 8.33. The molecule has 1 saturated carbocycles. The van der Waals surface area contributed by atoms with Crippen LogP contribution in [0.4, 0.5) is 0 Å². The molecule has 2 fully saturated rings. The Morgan fingerprint density at radius 1 is 0.900 bits per heavy atom. The van der Waals surface area contributed by atoms with Gasteiger partial charge in [-0.25, -0.2) is 0 Å². The lowest BCUT2D eigenvalue weighted by Crippen LogP contribution is -2.43. The van der Waals surface area contributed by atoms with Crippen molar-refractivity contribution in [2.45, 2.75) is 63.1 Å². The quantitative estimate of drug-likeness (QED) is 0.292. The molecule has 0 radical (unpaired) electrons. The zero-order valence-electron chi connectivity index (χ0n) is 23.4. The van der Waals surface area contributed by atoms with Crippen LogP contribution >= 0.6 is 0 Å². The van der Waals surface area contributed by atoms with E-state index in [9.17, 15) is 9.90 Å². The van der Waals surface area contributed by atoms with E-state index in [0.29, 0.717) is 24.3 Å². The van der Waals surface area contributed by atoms with Crippen molar-refractivity contribution in [3.8, 4) is 5.75 Å². The lowest BCUT2D eigenvalue weighted by molar-refractivity contribution is -0.124. The van der Waals surface area contributed by atoms with Gasteiger partial charge in [0, 0.05) is 43.9 Å². The first-order chi connectivity index (χ1) is 19.7. The highest BCUT2D eigenvalue weighted by molar-refractivity contribution is 5.92. The zero-order valence-corrected chi connectivity index (χ0v) is 23.4. The van der Waals surface area contributed by atoms with Crippen LogP contribution in [0.3, 0.4) is 0 Å². The summed E-state index contributed by atoms with van der Waals surface area (Å²) in [6.45, 7) is 3.24. The normalized spacial score (nSPS) is 20.2. The monoisotopic (exact) mass is 538 g/mol. The summed E-state index contributed by atoms with van der Waals surface area (Å²) in [6, 6.07) is 29.6. The van der Waals surface area contributed by atoms with E-state index in [0.717, 1.165) is 50.9 Å². The van der Waals surface area contributed by atoms with Gasteiger partial charge in [0.1, 0.15) is 18.5 Å². The van der Waals surface area contributed by atoms with Gasteiger partial charge in [-0.15, -0.1) is 0 Å². The van der Waals surface area contributed by atoms with Gasteiger partial charge in [-0.05, 0) is 67.7 Å². The van der Waals surface area contributed by atoms with Crippen LogP contribution in [0, 0.1) is 0 Å². The Morgan fingerprint density at radius 2 is 1.55 bits per heavy atom. The molecule has 1 heterocycles. The van der Waals surface area contributed by atoms with Gasteiger partial charge in [0.15, 0.2) is 0 Å². The van der Waals surface area contributed by atoms with E-state index in [4.69, 9.17) is 4.74 Å². The molecule has 1 aliphatic carbocycles. The molecular formula is C35H42N2O3. The van der Waals surface area contributed by atoms with Gasteiger partial charge >= 0.3 is 0 Å². The maximum Gasteiger partial charge on any atom is 0.246 e. The molecule has 1 N–H and O–H groups in total. The molecule has 5 heteroatoms. The lowest BCUT2D eigenvalue weighted by atomic mass is 9.81. The van der Waals surface area contributed by atoms with E-state index in [1.807, 2.05) is 41.3 Å². The number of carbonyl (C=O) groups is 1. The summed E-state index contributed by atoms with van der Waals surface area (Å²) in [5.41, 5.74) is 3.56. The molecule has 2 aliphatic rings. The fourth-order valence-electron chi connectivity index (χ4n) is 6.12. The highest BCUT2D eigenvalue weighted by Gasteiger charge is 2.28. The first kappa shape index (κ1) is 28.1. The van der Waals surface area contributed by atoms with Gasteiger partial charge in [0.2, 0.25) is 5.91 Å². The molecule has 1 unspecified atom stereocenters. The third kappa shape index (κ3) is 7.83. The van der Waals surface area contributed by atoms with Crippen molar-refractivity contribution < 1.29 is 14.6 Å². The highest BCUT2D eigenvalue weighted by Crippen LogP contribution is 2.35. The minimum atomic E-state index is -0.626. The molecule has 5 rings (SSSR count). The van der Waals surface area contributed by atoms with Crippen LogP contribution in [0.5, 0.6) is 5.75 Å². The molecule has 5 nitrogen and oxygen atoms in total. The molecule has 3 aromatic rings. The van der Waals surface area contributed by atoms with Crippen LogP contribution in [0.2, 0.25) is 0 Å². The number of rotatable bonds is 11. The molecule has 3 aromatic carbocycles. The van der Waals surface area contributed by atoms with E-state index >= 15 is 0 Å². The van der Waals surface area contributed by atoms with Crippen LogP contribution in [-0.4, -0.2) is 59.2 Å². The molecule has 0 spiro atoms. The molecule has 1 amide bonds. The summed E-state index contributed by atoms with van der Waals surface area (Å²) in [5.74, 6) is 1.35. The smallest absolute Gasteiger partial charge is 0.246 e. The predicted molar refractivity (Wildman–Crippen MR) is 161 cm³/mol. The predicted octanol–water partition coefficient (Wildman–Crippen LogP) is 6.29. The average molecular weight is 539 g/mol. The Balaban J connectivity index is 1.19. The molecule has 0 bridgehead atoms. The van der Waals surface area contributed by atoms with Crippen molar-refractivity contribution in [3.05, 3.63) is 108 Å². The summed E-state index contributed by atoms with van der Waals surface area (Å²) in [5, 5.41) is 11.1. The van der Waals surface area contributed by atoms with Gasteiger partial charge < -0.3 is 14.7 Å². The number of para-hydroxylation sites is 1. The fourth-order valence-corrected chi connectivity index (χ4v) is 6.12. The van der Waals surface area contributed by atoms with Crippen LogP contribution in [0.15, 0.2) is 91.0 Å². The number of nitrogens with zero attached hydrogens (tertiary/aromatic N) is 2. The van der Waals surface area contributed by atoms with Crippen molar-refractivity contribution in [2.24, 2.45) is 0 Å². The van der Waals surface area contributed by atoms with E-state index in [1.54, 1.807) is 6.08 Å². The molecule has 0 aromatic heterocycles. The van der Waals surface area contributed by atoms with Gasteiger partial charge in [-0.2, -0.15) is 0 Å². The number of likely N-dealkylation sites (tertiary alicyclic amines) is 1. The number of ether oxygens (including phenoxy) is 1. The van der Waals surface area contributed by atoms with Gasteiger partial charge in [-0.3, -0.25) is 9.69 Å². The lowest BCUT2D eigenvalue weighted by Gasteiger charge is -2.38. The summed E-state index contributed by atoms with van der Waals surface area (Å²) < 4.78 is 6.12. The Labute approximate surface area is 239 Å². The van der Waals surface area contributed by atoms with E-state index < -0.39 is 6.10 Å². The molecule has 1 aliphatic heterocycles. The maximum absolute atomic E-state index is 12.5. The van der Waals surface area contributed by atoms with Gasteiger partial charge in [0.05, 0.1) is 0 Å². The topological polar surface area (TPSA) is 53.0 Å². The van der Waals surface area contributed by atoms with Crippen molar-refractivity contribution >= 4 is 12.0 Å². The van der Waals surface area contributed by atoms with E-state index in [2.05, 4.69) is 59.5 Å². The molecular weight excluding hydrogens is 496 g/mol. The Morgan fingerprint density at radius 3 is 2.27 bits per heavy atom. The Kier molecular flexibility index (Phi) is 10.0. The molecule has 40 heavy (non-hydrogen) atoms. The number of amides is 1. The van der Waals surface area contributed by atoms with Crippen molar-refractivity contribution in [1.82, 2.24) is 9.80 Å². The number of hydrogen-bond donors (Lipinski definition) is 1. The molecule has 1 atom stereocenters. The molecule has 1 saturated heterocycles. The SMILES string of the molecule is O=C(C=Cc1ccccc1OCC(O)CN(Cc1ccccc1)C1CCC(c2ccccc2)CC1)N1CCCC1. The van der Waals surface area contributed by atoms with Crippen LogP contribution in [-0.2, 0) is 11.3 Å². The van der Waals surface area contributed by atoms with Gasteiger partial charge in [0.25, 0.3) is 0 Å². The van der Waals surface area contributed by atoms with Crippen LogP contribution < -0.4 is 4.74 Å². The first-order valence-electron chi connectivity index (χ1n) is 14.9.